The van der Waals surface area contributed by atoms with Gasteiger partial charge in [-0.25, -0.2) is 0 Å². The fourth-order valence-corrected chi connectivity index (χ4v) is 2.60. The van der Waals surface area contributed by atoms with E-state index < -0.39 is 0 Å². The molecule has 0 radical (unpaired) electrons. The molecule has 0 unspecified atom stereocenters. The number of aromatic nitrogens is 2. The van der Waals surface area contributed by atoms with Crippen molar-refractivity contribution in [3.05, 3.63) is 65.0 Å². The molecule has 0 aliphatic carbocycles. The summed E-state index contributed by atoms with van der Waals surface area (Å²) < 4.78 is 10.5. The Hall–Kier alpha value is -2.86. The number of carbonyl (C=O) groups is 1. The first kappa shape index (κ1) is 17.9. The minimum atomic E-state index is -0.0688. The first-order valence-corrected chi connectivity index (χ1v) is 8.39. The van der Waals surface area contributed by atoms with Gasteiger partial charge in [0, 0.05) is 23.2 Å². The Labute approximate surface area is 156 Å². The molecule has 0 aliphatic rings. The number of methoxy groups -OCH3 is 1. The summed E-state index contributed by atoms with van der Waals surface area (Å²) in [7, 11) is 3.29. The number of halogens is 1. The van der Waals surface area contributed by atoms with Crippen LogP contribution in [-0.2, 0) is 17.8 Å². The van der Waals surface area contributed by atoms with Gasteiger partial charge in [0.25, 0.3) is 0 Å². The van der Waals surface area contributed by atoms with Gasteiger partial charge in [0.1, 0.15) is 5.75 Å². The highest BCUT2D eigenvalue weighted by molar-refractivity contribution is 6.30. The highest BCUT2D eigenvalue weighted by Gasteiger charge is 2.16. The maximum absolute atomic E-state index is 12.5. The van der Waals surface area contributed by atoms with E-state index >= 15 is 0 Å². The number of nitrogens with zero attached hydrogens (tertiary/aromatic N) is 3. The van der Waals surface area contributed by atoms with Crippen LogP contribution in [0, 0.1) is 0 Å². The highest BCUT2D eigenvalue weighted by atomic mass is 35.5. The van der Waals surface area contributed by atoms with E-state index in [2.05, 4.69) is 10.1 Å². The quantitative estimate of drug-likeness (QED) is 0.662. The summed E-state index contributed by atoms with van der Waals surface area (Å²) in [6.07, 6.45) is 0.235. The topological polar surface area (TPSA) is 68.5 Å². The van der Waals surface area contributed by atoms with Crippen molar-refractivity contribution in [3.63, 3.8) is 0 Å². The van der Waals surface area contributed by atoms with Crippen molar-refractivity contribution in [2.75, 3.05) is 14.2 Å². The number of hydrogen-bond donors (Lipinski definition) is 0. The molecule has 1 aromatic heterocycles. The summed E-state index contributed by atoms with van der Waals surface area (Å²) in [6.45, 7) is 0.231. The third kappa shape index (κ3) is 4.21. The molecule has 0 spiro atoms. The molecule has 0 fully saturated rings. The molecule has 0 aliphatic heterocycles. The number of benzene rings is 2. The number of ether oxygens (including phenoxy) is 1. The predicted octanol–water partition coefficient (Wildman–Crippen LogP) is 3.60. The Balaban J connectivity index is 1.65. The average molecular weight is 372 g/mol. The van der Waals surface area contributed by atoms with Crippen molar-refractivity contribution in [1.82, 2.24) is 15.0 Å². The summed E-state index contributed by atoms with van der Waals surface area (Å²) in [5.74, 6) is 1.45. The summed E-state index contributed by atoms with van der Waals surface area (Å²) in [5.41, 5.74) is 1.63. The Bertz CT molecular complexity index is 893. The molecule has 7 heteroatoms. The van der Waals surface area contributed by atoms with Crippen molar-refractivity contribution in [2.24, 2.45) is 0 Å². The minimum absolute atomic E-state index is 0.0688. The molecule has 0 N–H and O–H groups in total. The maximum Gasteiger partial charge on any atom is 0.246 e. The molecule has 3 rings (SSSR count). The zero-order valence-corrected chi connectivity index (χ0v) is 15.2. The average Bonchev–Trinajstić information content (AvgIpc) is 3.11. The summed E-state index contributed by atoms with van der Waals surface area (Å²) in [4.78, 5) is 18.3. The lowest BCUT2D eigenvalue weighted by Crippen LogP contribution is -2.28. The van der Waals surface area contributed by atoms with Crippen molar-refractivity contribution < 1.29 is 14.1 Å². The van der Waals surface area contributed by atoms with Crippen LogP contribution in [0.1, 0.15) is 11.5 Å². The monoisotopic (exact) mass is 371 g/mol. The van der Waals surface area contributed by atoms with Gasteiger partial charge in [-0.05, 0) is 30.3 Å². The van der Waals surface area contributed by atoms with Gasteiger partial charge in [0.2, 0.25) is 17.6 Å². The first-order chi connectivity index (χ1) is 12.6. The second-order valence-corrected chi connectivity index (χ2v) is 6.19. The molecule has 0 atom stereocenters. The van der Waals surface area contributed by atoms with Crippen LogP contribution in [0.3, 0.4) is 0 Å². The van der Waals surface area contributed by atoms with E-state index in [0.717, 1.165) is 11.1 Å². The van der Waals surface area contributed by atoms with Gasteiger partial charge in [0.15, 0.2) is 0 Å². The fraction of sp³-hybridized carbons (Fsp3) is 0.211. The first-order valence-electron chi connectivity index (χ1n) is 8.01. The molecule has 0 saturated heterocycles. The van der Waals surface area contributed by atoms with Crippen molar-refractivity contribution in [2.45, 2.75) is 13.0 Å². The van der Waals surface area contributed by atoms with Gasteiger partial charge in [-0.15, -0.1) is 0 Å². The van der Waals surface area contributed by atoms with Gasteiger partial charge in [-0.1, -0.05) is 35.0 Å². The van der Waals surface area contributed by atoms with E-state index in [1.807, 2.05) is 36.4 Å². The predicted molar refractivity (Wildman–Crippen MR) is 97.9 cm³/mol. The van der Waals surface area contributed by atoms with Crippen LogP contribution >= 0.6 is 11.6 Å². The molecular formula is C19H18ClN3O3. The van der Waals surface area contributed by atoms with Gasteiger partial charge >= 0.3 is 0 Å². The van der Waals surface area contributed by atoms with Crippen LogP contribution < -0.4 is 4.74 Å². The van der Waals surface area contributed by atoms with Crippen LogP contribution in [0.15, 0.2) is 53.1 Å². The third-order valence-electron chi connectivity index (χ3n) is 3.90. The molecule has 1 heterocycles. The van der Waals surface area contributed by atoms with Crippen LogP contribution in [0.2, 0.25) is 5.02 Å². The SMILES string of the molecule is COc1ccccc1CC(=O)N(C)Cc1nc(-c2ccc(Cl)cc2)no1. The Morgan fingerprint density at radius 2 is 1.92 bits per heavy atom. The molecule has 1 amide bonds. The summed E-state index contributed by atoms with van der Waals surface area (Å²) >= 11 is 5.88. The third-order valence-corrected chi connectivity index (χ3v) is 4.15. The van der Waals surface area contributed by atoms with Gasteiger partial charge < -0.3 is 14.2 Å². The number of likely N-dealkylation sites (N-methyl/N-ethyl adjacent to an activating group) is 1. The zero-order chi connectivity index (χ0) is 18.5. The number of para-hydroxylation sites is 1. The van der Waals surface area contributed by atoms with Crippen molar-refractivity contribution in [3.8, 4) is 17.1 Å². The van der Waals surface area contributed by atoms with E-state index in [0.29, 0.717) is 22.5 Å². The Morgan fingerprint density at radius 1 is 1.19 bits per heavy atom. The van der Waals surface area contributed by atoms with E-state index in [9.17, 15) is 4.79 Å². The van der Waals surface area contributed by atoms with E-state index in [1.165, 1.54) is 0 Å². The molecule has 2 aromatic carbocycles. The maximum atomic E-state index is 12.5. The smallest absolute Gasteiger partial charge is 0.246 e. The Morgan fingerprint density at radius 3 is 2.65 bits per heavy atom. The lowest BCUT2D eigenvalue weighted by Gasteiger charge is -2.15. The molecule has 0 saturated carbocycles. The van der Waals surface area contributed by atoms with E-state index in [4.69, 9.17) is 20.9 Å². The molecule has 134 valence electrons. The number of carbonyl (C=O) groups excluding carboxylic acids is 1. The van der Waals surface area contributed by atoms with Crippen LogP contribution in [0.5, 0.6) is 5.75 Å². The number of rotatable bonds is 6. The van der Waals surface area contributed by atoms with E-state index in [-0.39, 0.29) is 18.9 Å². The molecule has 6 nitrogen and oxygen atoms in total. The largest absolute Gasteiger partial charge is 0.496 e. The molecular weight excluding hydrogens is 354 g/mol. The van der Waals surface area contributed by atoms with Gasteiger partial charge in [0.05, 0.1) is 20.1 Å². The van der Waals surface area contributed by atoms with Crippen LogP contribution in [0.25, 0.3) is 11.4 Å². The van der Waals surface area contributed by atoms with Crippen LogP contribution in [-0.4, -0.2) is 35.1 Å². The highest BCUT2D eigenvalue weighted by Crippen LogP contribution is 2.20. The Kier molecular flexibility index (Phi) is 5.53. The van der Waals surface area contributed by atoms with Gasteiger partial charge in [-0.2, -0.15) is 4.98 Å². The fourth-order valence-electron chi connectivity index (χ4n) is 2.47. The number of amides is 1. The van der Waals surface area contributed by atoms with Crippen LogP contribution in [0.4, 0.5) is 0 Å². The lowest BCUT2D eigenvalue weighted by molar-refractivity contribution is -0.130. The summed E-state index contributed by atoms with van der Waals surface area (Å²) in [5, 5.41) is 4.59. The van der Waals surface area contributed by atoms with Crippen molar-refractivity contribution in [1.29, 1.82) is 0 Å². The number of hydrogen-bond acceptors (Lipinski definition) is 5. The standard InChI is InChI=1S/C19H18ClN3O3/c1-23(18(24)11-14-5-3-4-6-16(14)25-2)12-17-21-19(22-26-17)13-7-9-15(20)10-8-13/h3-10H,11-12H2,1-2H3. The van der Waals surface area contributed by atoms with Crippen molar-refractivity contribution >= 4 is 17.5 Å². The normalized spacial score (nSPS) is 10.6. The van der Waals surface area contributed by atoms with E-state index in [1.54, 1.807) is 31.2 Å². The minimum Gasteiger partial charge on any atom is -0.496 e. The van der Waals surface area contributed by atoms with Gasteiger partial charge in [-0.3, -0.25) is 4.79 Å². The second kappa shape index (κ2) is 8.01. The molecule has 26 heavy (non-hydrogen) atoms. The zero-order valence-electron chi connectivity index (χ0n) is 14.5. The summed E-state index contributed by atoms with van der Waals surface area (Å²) in [6, 6.07) is 14.6. The second-order valence-electron chi connectivity index (χ2n) is 5.76. The molecule has 0 bridgehead atoms. The molecule has 3 aromatic rings. The lowest BCUT2D eigenvalue weighted by atomic mass is 10.1.